The molecule has 0 spiro atoms. The third-order valence-electron chi connectivity index (χ3n) is 7.31. The highest BCUT2D eigenvalue weighted by Gasteiger charge is 2.44. The van der Waals surface area contributed by atoms with Gasteiger partial charge in [0.15, 0.2) is 0 Å². The van der Waals surface area contributed by atoms with Gasteiger partial charge in [-0.1, -0.05) is 68.8 Å². The van der Waals surface area contributed by atoms with Gasteiger partial charge in [-0.3, -0.25) is 9.59 Å². The maximum absolute atomic E-state index is 12.9. The van der Waals surface area contributed by atoms with Crippen molar-refractivity contribution in [3.8, 4) is 11.1 Å². The molecule has 2 aromatic rings. The normalized spacial score (nSPS) is 16.7. The molecule has 0 aliphatic heterocycles. The van der Waals surface area contributed by atoms with Crippen molar-refractivity contribution < 1.29 is 24.2 Å². The zero-order chi connectivity index (χ0) is 24.3. The Kier molecular flexibility index (Phi) is 6.91. The molecule has 180 valence electrons. The van der Waals surface area contributed by atoms with E-state index in [0.717, 1.165) is 17.5 Å². The van der Waals surface area contributed by atoms with E-state index in [-0.39, 0.29) is 37.4 Å². The summed E-state index contributed by atoms with van der Waals surface area (Å²) in [6.45, 7) is 4.12. The number of amides is 2. The number of carbonyl (C=O) groups is 3. The summed E-state index contributed by atoms with van der Waals surface area (Å²) in [5.74, 6) is -1.88. The van der Waals surface area contributed by atoms with Crippen molar-refractivity contribution in [3.63, 3.8) is 0 Å². The number of carbonyl (C=O) groups excluding carboxylic acids is 2. The summed E-state index contributed by atoms with van der Waals surface area (Å²) in [6.07, 6.45) is 1.65. The van der Waals surface area contributed by atoms with Gasteiger partial charge in [-0.2, -0.15) is 0 Å². The Bertz CT molecular complexity index is 1030. The largest absolute Gasteiger partial charge is 0.481 e. The van der Waals surface area contributed by atoms with Crippen molar-refractivity contribution in [2.75, 3.05) is 19.7 Å². The molecule has 0 bridgehead atoms. The van der Waals surface area contributed by atoms with Crippen LogP contribution in [0.25, 0.3) is 11.1 Å². The van der Waals surface area contributed by atoms with Gasteiger partial charge >= 0.3 is 12.1 Å². The summed E-state index contributed by atoms with van der Waals surface area (Å²) in [7, 11) is 0. The molecule has 2 aromatic carbocycles. The van der Waals surface area contributed by atoms with Crippen LogP contribution in [-0.4, -0.2) is 42.8 Å². The Balaban J connectivity index is 1.32. The number of rotatable bonds is 9. The summed E-state index contributed by atoms with van der Waals surface area (Å²) in [5.41, 5.74) is 3.91. The van der Waals surface area contributed by atoms with Crippen LogP contribution >= 0.6 is 0 Å². The second kappa shape index (κ2) is 9.87. The van der Waals surface area contributed by atoms with E-state index in [1.807, 2.05) is 38.1 Å². The smallest absolute Gasteiger partial charge is 0.407 e. The second-order valence-electron chi connectivity index (χ2n) is 9.71. The molecule has 0 heterocycles. The zero-order valence-corrected chi connectivity index (χ0v) is 19.7. The quantitative estimate of drug-likeness (QED) is 0.517. The minimum atomic E-state index is -0.922. The first kappa shape index (κ1) is 23.8. The van der Waals surface area contributed by atoms with Crippen molar-refractivity contribution in [2.24, 2.45) is 17.3 Å². The minimum Gasteiger partial charge on any atom is -0.481 e. The maximum atomic E-state index is 12.9. The molecule has 7 heteroatoms. The van der Waals surface area contributed by atoms with Gasteiger partial charge in [0.2, 0.25) is 5.91 Å². The highest BCUT2D eigenvalue weighted by molar-refractivity contribution is 5.85. The van der Waals surface area contributed by atoms with Gasteiger partial charge in [-0.25, -0.2) is 4.79 Å². The summed E-state index contributed by atoms with van der Waals surface area (Å²) >= 11 is 0. The molecular weight excluding hydrogens is 432 g/mol. The van der Waals surface area contributed by atoms with Gasteiger partial charge in [-0.05, 0) is 41.0 Å². The van der Waals surface area contributed by atoms with Crippen molar-refractivity contribution in [1.29, 1.82) is 0 Å². The molecule has 0 radical (unpaired) electrons. The number of hydrogen-bond donors (Lipinski definition) is 3. The van der Waals surface area contributed by atoms with Gasteiger partial charge in [0.1, 0.15) is 6.61 Å². The van der Waals surface area contributed by atoms with Crippen LogP contribution in [0.3, 0.4) is 0 Å². The monoisotopic (exact) mass is 464 g/mol. The number of nitrogens with one attached hydrogen (secondary N) is 2. The van der Waals surface area contributed by atoms with Crippen LogP contribution in [0, 0.1) is 17.3 Å². The summed E-state index contributed by atoms with van der Waals surface area (Å²) in [6, 6.07) is 16.3. The van der Waals surface area contributed by atoms with Crippen LogP contribution in [0.15, 0.2) is 48.5 Å². The van der Waals surface area contributed by atoms with Gasteiger partial charge in [0.25, 0.3) is 0 Å². The van der Waals surface area contributed by atoms with E-state index in [2.05, 4.69) is 34.9 Å². The Morgan fingerprint density at radius 3 is 2.09 bits per heavy atom. The third-order valence-corrected chi connectivity index (χ3v) is 7.31. The fraction of sp³-hybridized carbons (Fsp3) is 0.444. The van der Waals surface area contributed by atoms with E-state index < -0.39 is 23.4 Å². The topological polar surface area (TPSA) is 105 Å². The molecule has 0 saturated heterocycles. The predicted molar refractivity (Wildman–Crippen MR) is 128 cm³/mol. The van der Waals surface area contributed by atoms with E-state index in [9.17, 15) is 19.5 Å². The lowest BCUT2D eigenvalue weighted by atomic mass is 9.68. The molecule has 4 rings (SSSR count). The average molecular weight is 465 g/mol. The van der Waals surface area contributed by atoms with E-state index >= 15 is 0 Å². The number of carboxylic acid groups (broad SMARTS) is 1. The lowest BCUT2D eigenvalue weighted by Crippen LogP contribution is -2.53. The van der Waals surface area contributed by atoms with Crippen molar-refractivity contribution >= 4 is 18.0 Å². The number of alkyl carbamates (subject to hydrolysis) is 1. The molecule has 7 nitrogen and oxygen atoms in total. The molecule has 2 aliphatic rings. The van der Waals surface area contributed by atoms with Crippen LogP contribution in [0.1, 0.15) is 50.2 Å². The minimum absolute atomic E-state index is 0.0249. The van der Waals surface area contributed by atoms with Crippen molar-refractivity contribution in [2.45, 2.75) is 39.0 Å². The number of fused-ring (bicyclic) bond motifs is 3. The standard InChI is InChI=1S/C27H32N2O5/c1-17(2)22(24(30)31)14-28-25(32)27(12-7-13-27)16-29-26(33)34-15-23-20-10-5-3-8-18(20)19-9-4-6-11-21(19)23/h3-6,8-11,17,22-23H,7,12-16H2,1-2H3,(H,28,32)(H,29,33)(H,30,31). The Morgan fingerprint density at radius 2 is 1.59 bits per heavy atom. The average Bonchev–Trinajstić information content (AvgIpc) is 3.10. The van der Waals surface area contributed by atoms with Crippen LogP contribution in [-0.2, 0) is 14.3 Å². The first-order valence-electron chi connectivity index (χ1n) is 11.9. The fourth-order valence-corrected chi connectivity index (χ4v) is 4.98. The van der Waals surface area contributed by atoms with Gasteiger partial charge in [-0.15, -0.1) is 0 Å². The number of benzene rings is 2. The van der Waals surface area contributed by atoms with Gasteiger partial charge in [0, 0.05) is 19.0 Å². The fourth-order valence-electron chi connectivity index (χ4n) is 4.98. The number of hydrogen-bond acceptors (Lipinski definition) is 4. The molecule has 0 aromatic heterocycles. The van der Waals surface area contributed by atoms with Crippen LogP contribution < -0.4 is 10.6 Å². The van der Waals surface area contributed by atoms with E-state index in [4.69, 9.17) is 4.74 Å². The van der Waals surface area contributed by atoms with Gasteiger partial charge in [0.05, 0.1) is 11.3 Å². The molecule has 1 unspecified atom stereocenters. The second-order valence-corrected chi connectivity index (χ2v) is 9.71. The molecule has 1 fully saturated rings. The molecule has 34 heavy (non-hydrogen) atoms. The van der Waals surface area contributed by atoms with Crippen LogP contribution in [0.2, 0.25) is 0 Å². The lowest BCUT2D eigenvalue weighted by molar-refractivity contribution is -0.143. The van der Waals surface area contributed by atoms with Crippen molar-refractivity contribution in [3.05, 3.63) is 59.7 Å². The molecule has 2 aliphatic carbocycles. The Hall–Kier alpha value is -3.35. The van der Waals surface area contributed by atoms with Crippen LogP contribution in [0.5, 0.6) is 0 Å². The molecule has 1 saturated carbocycles. The summed E-state index contributed by atoms with van der Waals surface area (Å²) in [4.78, 5) is 36.8. The van der Waals surface area contributed by atoms with Crippen molar-refractivity contribution in [1.82, 2.24) is 10.6 Å². The van der Waals surface area contributed by atoms with E-state index in [1.54, 1.807) is 0 Å². The van der Waals surface area contributed by atoms with E-state index in [1.165, 1.54) is 11.1 Å². The molecule has 1 atom stereocenters. The van der Waals surface area contributed by atoms with Gasteiger partial charge < -0.3 is 20.5 Å². The third kappa shape index (κ3) is 4.65. The summed E-state index contributed by atoms with van der Waals surface area (Å²) in [5, 5.41) is 14.9. The first-order valence-corrected chi connectivity index (χ1v) is 11.9. The Labute approximate surface area is 199 Å². The SMILES string of the molecule is CC(C)C(CNC(=O)C1(CNC(=O)OCC2c3ccccc3-c3ccccc32)CCC1)C(=O)O. The predicted octanol–water partition coefficient (Wildman–Crippen LogP) is 4.17. The summed E-state index contributed by atoms with van der Waals surface area (Å²) < 4.78 is 5.59. The number of carboxylic acids is 1. The Morgan fingerprint density at radius 1 is 1.00 bits per heavy atom. The first-order chi connectivity index (χ1) is 16.3. The highest BCUT2D eigenvalue weighted by Crippen LogP contribution is 2.44. The number of aliphatic carboxylic acids is 1. The maximum Gasteiger partial charge on any atom is 0.407 e. The zero-order valence-electron chi connectivity index (χ0n) is 19.7. The molecular formula is C27H32N2O5. The van der Waals surface area contributed by atoms with E-state index in [0.29, 0.717) is 12.8 Å². The number of ether oxygens (including phenoxy) is 1. The van der Waals surface area contributed by atoms with Crippen LogP contribution in [0.4, 0.5) is 4.79 Å². The molecule has 2 amide bonds. The lowest BCUT2D eigenvalue weighted by Gasteiger charge is -2.40. The molecule has 3 N–H and O–H groups in total. The highest BCUT2D eigenvalue weighted by atomic mass is 16.5.